The summed E-state index contributed by atoms with van der Waals surface area (Å²) in [5, 5.41) is -0.358. The standard InChI is InChI=1S/C15H14FNO4S/c1-11(18)10-21-13-7-3-2-6-12(13)15(16)22(19,20)14-8-4-5-9-17-14/h2-9,15H,10H2,1H3. The van der Waals surface area contributed by atoms with Crippen LogP contribution in [-0.4, -0.2) is 25.8 Å². The van der Waals surface area contributed by atoms with Gasteiger partial charge in [-0.1, -0.05) is 24.3 Å². The first-order valence-corrected chi connectivity index (χ1v) is 7.97. The van der Waals surface area contributed by atoms with Crippen LogP contribution in [-0.2, 0) is 14.6 Å². The van der Waals surface area contributed by atoms with E-state index in [1.165, 1.54) is 49.5 Å². The number of para-hydroxylation sites is 1. The predicted molar refractivity (Wildman–Crippen MR) is 77.9 cm³/mol. The van der Waals surface area contributed by atoms with Crippen LogP contribution in [0.15, 0.2) is 53.7 Å². The lowest BCUT2D eigenvalue weighted by Crippen LogP contribution is -2.14. The highest BCUT2D eigenvalue weighted by Crippen LogP contribution is 2.34. The van der Waals surface area contributed by atoms with Crippen molar-refractivity contribution in [2.24, 2.45) is 0 Å². The highest BCUT2D eigenvalue weighted by Gasteiger charge is 2.32. The van der Waals surface area contributed by atoms with E-state index in [9.17, 15) is 17.6 Å². The third kappa shape index (κ3) is 3.48. The van der Waals surface area contributed by atoms with E-state index in [0.29, 0.717) is 0 Å². The fraction of sp³-hybridized carbons (Fsp3) is 0.200. The van der Waals surface area contributed by atoms with Gasteiger partial charge in [-0.15, -0.1) is 0 Å². The number of carbonyl (C=O) groups excluding carboxylic acids is 1. The number of rotatable bonds is 6. The zero-order valence-electron chi connectivity index (χ0n) is 11.8. The fourth-order valence-corrected chi connectivity index (χ4v) is 2.98. The summed E-state index contributed by atoms with van der Waals surface area (Å²) in [5.74, 6) is -0.234. The molecule has 0 fully saturated rings. The second kappa shape index (κ2) is 6.65. The second-order valence-electron chi connectivity index (χ2n) is 4.56. The summed E-state index contributed by atoms with van der Waals surface area (Å²) in [7, 11) is -4.30. The Balaban J connectivity index is 2.37. The fourth-order valence-electron chi connectivity index (χ4n) is 1.77. The van der Waals surface area contributed by atoms with Gasteiger partial charge >= 0.3 is 0 Å². The largest absolute Gasteiger partial charge is 0.485 e. The molecule has 0 spiro atoms. The molecule has 2 rings (SSSR count). The molecule has 0 saturated heterocycles. The summed E-state index contributed by atoms with van der Waals surface area (Å²) in [6, 6.07) is 10.0. The maximum atomic E-state index is 14.6. The number of hydrogen-bond acceptors (Lipinski definition) is 5. The van der Waals surface area contributed by atoms with Gasteiger partial charge in [-0.05, 0) is 25.1 Å². The predicted octanol–water partition coefficient (Wildman–Crippen LogP) is 2.49. The number of ether oxygens (including phenoxy) is 1. The molecule has 1 aromatic carbocycles. The molecule has 116 valence electrons. The van der Waals surface area contributed by atoms with Crippen molar-refractivity contribution in [3.05, 3.63) is 54.2 Å². The molecule has 0 amide bonds. The minimum absolute atomic E-state index is 0.0182. The summed E-state index contributed by atoms with van der Waals surface area (Å²) in [6.45, 7) is 1.06. The van der Waals surface area contributed by atoms with Crippen LogP contribution in [0.25, 0.3) is 0 Å². The van der Waals surface area contributed by atoms with Gasteiger partial charge in [-0.2, -0.15) is 0 Å². The number of sulfone groups is 1. The van der Waals surface area contributed by atoms with Gasteiger partial charge in [-0.3, -0.25) is 4.79 Å². The molecule has 0 aliphatic rings. The summed E-state index contributed by atoms with van der Waals surface area (Å²) in [4.78, 5) is 14.6. The number of aromatic nitrogens is 1. The van der Waals surface area contributed by atoms with Crippen molar-refractivity contribution in [2.45, 2.75) is 17.5 Å². The summed E-state index contributed by atoms with van der Waals surface area (Å²) < 4.78 is 44.3. The Hall–Kier alpha value is -2.28. The first-order valence-electron chi connectivity index (χ1n) is 6.43. The van der Waals surface area contributed by atoms with Gasteiger partial charge in [0, 0.05) is 11.8 Å². The molecular weight excluding hydrogens is 309 g/mol. The molecule has 1 unspecified atom stereocenters. The molecule has 0 aliphatic heterocycles. The molecule has 2 aromatic rings. The van der Waals surface area contributed by atoms with E-state index < -0.39 is 15.3 Å². The van der Waals surface area contributed by atoms with Crippen LogP contribution >= 0.6 is 0 Å². The monoisotopic (exact) mass is 323 g/mol. The van der Waals surface area contributed by atoms with Crippen LogP contribution in [0.1, 0.15) is 18.0 Å². The van der Waals surface area contributed by atoms with Crippen molar-refractivity contribution < 1.29 is 22.3 Å². The molecule has 0 bridgehead atoms. The van der Waals surface area contributed by atoms with Gasteiger partial charge in [0.05, 0.1) is 0 Å². The SMILES string of the molecule is CC(=O)COc1ccccc1C(F)S(=O)(=O)c1ccccn1. The number of alkyl halides is 1. The molecule has 1 atom stereocenters. The quantitative estimate of drug-likeness (QED) is 0.816. The Morgan fingerprint density at radius 2 is 1.91 bits per heavy atom. The number of hydrogen-bond donors (Lipinski definition) is 0. The third-order valence-corrected chi connectivity index (χ3v) is 4.42. The van der Waals surface area contributed by atoms with E-state index in [1.54, 1.807) is 6.07 Å². The maximum absolute atomic E-state index is 14.6. The number of pyridine rings is 1. The normalized spacial score (nSPS) is 12.6. The molecule has 5 nitrogen and oxygen atoms in total. The molecule has 0 radical (unpaired) electrons. The Labute approximate surface area is 127 Å². The van der Waals surface area contributed by atoms with Crippen molar-refractivity contribution in [1.29, 1.82) is 0 Å². The first-order chi connectivity index (χ1) is 10.4. The number of carbonyl (C=O) groups is 1. The van der Waals surface area contributed by atoms with Crippen molar-refractivity contribution in [3.63, 3.8) is 0 Å². The van der Waals surface area contributed by atoms with Gasteiger partial charge in [0.15, 0.2) is 10.8 Å². The van der Waals surface area contributed by atoms with Crippen LogP contribution in [0.5, 0.6) is 5.75 Å². The maximum Gasteiger partial charge on any atom is 0.235 e. The van der Waals surface area contributed by atoms with E-state index in [1.807, 2.05) is 0 Å². The van der Waals surface area contributed by atoms with Crippen LogP contribution in [0.2, 0.25) is 0 Å². The Bertz CT molecular complexity index is 762. The van der Waals surface area contributed by atoms with Crippen LogP contribution < -0.4 is 4.74 Å². The summed E-state index contributed by atoms with van der Waals surface area (Å²) in [6.07, 6.45) is 1.28. The Morgan fingerprint density at radius 1 is 1.23 bits per heavy atom. The molecule has 1 heterocycles. The average molecular weight is 323 g/mol. The van der Waals surface area contributed by atoms with Gasteiger partial charge in [0.1, 0.15) is 12.4 Å². The first kappa shape index (κ1) is 16.1. The van der Waals surface area contributed by atoms with Gasteiger partial charge in [0.2, 0.25) is 15.3 Å². The van der Waals surface area contributed by atoms with Crippen LogP contribution in [0, 0.1) is 0 Å². The van der Waals surface area contributed by atoms with E-state index in [2.05, 4.69) is 4.98 Å². The minimum atomic E-state index is -4.30. The van der Waals surface area contributed by atoms with Gasteiger partial charge < -0.3 is 4.74 Å². The van der Waals surface area contributed by atoms with Gasteiger partial charge in [0.25, 0.3) is 0 Å². The molecule has 0 aliphatic carbocycles. The number of Topliss-reactive ketones (excluding diaryl/α,β-unsaturated/α-hetero) is 1. The lowest BCUT2D eigenvalue weighted by atomic mass is 10.2. The summed E-state index contributed by atoms with van der Waals surface area (Å²) >= 11 is 0. The lowest BCUT2D eigenvalue weighted by molar-refractivity contribution is -0.118. The number of ketones is 1. The van der Waals surface area contributed by atoms with E-state index >= 15 is 0 Å². The third-order valence-electron chi connectivity index (χ3n) is 2.80. The zero-order valence-corrected chi connectivity index (χ0v) is 12.6. The number of benzene rings is 1. The highest BCUT2D eigenvalue weighted by molar-refractivity contribution is 7.91. The van der Waals surface area contributed by atoms with Crippen LogP contribution in [0.3, 0.4) is 0 Å². The molecular formula is C15H14FNO4S. The molecule has 7 heteroatoms. The molecule has 22 heavy (non-hydrogen) atoms. The molecule has 0 N–H and O–H groups in total. The van der Waals surface area contributed by atoms with E-state index in [0.717, 1.165) is 0 Å². The van der Waals surface area contributed by atoms with Gasteiger partial charge in [-0.25, -0.2) is 17.8 Å². The molecule has 1 aromatic heterocycles. The highest BCUT2D eigenvalue weighted by atomic mass is 32.2. The zero-order chi connectivity index (χ0) is 16.2. The topological polar surface area (TPSA) is 73.3 Å². The minimum Gasteiger partial charge on any atom is -0.485 e. The Morgan fingerprint density at radius 3 is 2.55 bits per heavy atom. The number of halogens is 1. The van der Waals surface area contributed by atoms with E-state index in [4.69, 9.17) is 4.74 Å². The van der Waals surface area contributed by atoms with Crippen molar-refractivity contribution >= 4 is 15.6 Å². The summed E-state index contributed by atoms with van der Waals surface area (Å²) in [5.41, 5.74) is -2.49. The van der Waals surface area contributed by atoms with E-state index in [-0.39, 0.29) is 28.7 Å². The van der Waals surface area contributed by atoms with Crippen molar-refractivity contribution in [2.75, 3.05) is 6.61 Å². The van der Waals surface area contributed by atoms with Crippen LogP contribution in [0.4, 0.5) is 4.39 Å². The average Bonchev–Trinajstić information content (AvgIpc) is 2.53. The smallest absolute Gasteiger partial charge is 0.235 e. The lowest BCUT2D eigenvalue weighted by Gasteiger charge is -2.14. The van der Waals surface area contributed by atoms with Crippen molar-refractivity contribution in [1.82, 2.24) is 4.98 Å². The van der Waals surface area contributed by atoms with Crippen molar-refractivity contribution in [3.8, 4) is 5.75 Å². The second-order valence-corrected chi connectivity index (χ2v) is 6.48. The Kier molecular flexibility index (Phi) is 4.87. The number of nitrogens with zero attached hydrogens (tertiary/aromatic N) is 1. The molecule has 0 saturated carbocycles.